The predicted molar refractivity (Wildman–Crippen MR) is 88.8 cm³/mol. The van der Waals surface area contributed by atoms with Crippen molar-refractivity contribution in [3.63, 3.8) is 0 Å². The number of carbonyl (C=O) groups is 1. The molecule has 2 aromatic carbocycles. The average molecular weight is 380 g/mol. The van der Waals surface area contributed by atoms with Crippen LogP contribution in [0, 0.1) is 0 Å². The van der Waals surface area contributed by atoms with E-state index in [1.165, 1.54) is 6.21 Å². The Morgan fingerprint density at radius 3 is 2.59 bits per heavy atom. The van der Waals surface area contributed by atoms with E-state index in [4.69, 9.17) is 11.6 Å². The summed E-state index contributed by atoms with van der Waals surface area (Å²) in [6.07, 6.45) is 1.76. The number of rotatable bonds is 2. The van der Waals surface area contributed by atoms with Gasteiger partial charge in [0, 0.05) is 27.7 Å². The lowest BCUT2D eigenvalue weighted by Gasteiger charge is -2.31. The second kappa shape index (κ2) is 5.83. The van der Waals surface area contributed by atoms with Crippen LogP contribution in [-0.2, 0) is 5.72 Å². The van der Waals surface area contributed by atoms with E-state index >= 15 is 0 Å². The molecule has 3 rings (SSSR count). The number of halogens is 2. The highest BCUT2D eigenvalue weighted by Crippen LogP contribution is 2.35. The molecule has 1 amide bonds. The number of hydrazone groups is 1. The number of carbonyl (C=O) groups excluding carboxylic acids is 1. The second-order valence-corrected chi connectivity index (χ2v) is 6.21. The van der Waals surface area contributed by atoms with Gasteiger partial charge in [0.1, 0.15) is 0 Å². The van der Waals surface area contributed by atoms with Crippen molar-refractivity contribution in [2.75, 3.05) is 0 Å². The summed E-state index contributed by atoms with van der Waals surface area (Å²) in [7, 11) is 0. The Labute approximate surface area is 141 Å². The normalized spacial score (nSPS) is 20.4. The molecule has 0 aliphatic carbocycles. The van der Waals surface area contributed by atoms with E-state index in [-0.39, 0.29) is 12.3 Å². The largest absolute Gasteiger partial charge is 0.365 e. The third kappa shape index (κ3) is 2.56. The van der Waals surface area contributed by atoms with E-state index < -0.39 is 5.72 Å². The van der Waals surface area contributed by atoms with Crippen LogP contribution in [0.15, 0.2) is 58.1 Å². The van der Waals surface area contributed by atoms with E-state index in [2.05, 4.69) is 21.0 Å². The molecule has 0 unspecified atom stereocenters. The van der Waals surface area contributed by atoms with Crippen molar-refractivity contribution in [3.05, 3.63) is 69.2 Å². The van der Waals surface area contributed by atoms with Crippen LogP contribution in [0.4, 0.5) is 0 Å². The zero-order valence-electron chi connectivity index (χ0n) is 11.4. The fraction of sp³-hybridized carbons (Fsp3) is 0.125. The number of hydrogen-bond acceptors (Lipinski definition) is 3. The zero-order valence-corrected chi connectivity index (χ0v) is 13.8. The monoisotopic (exact) mass is 378 g/mol. The summed E-state index contributed by atoms with van der Waals surface area (Å²) < 4.78 is 0.653. The van der Waals surface area contributed by atoms with E-state index in [0.29, 0.717) is 20.6 Å². The Balaban J connectivity index is 1.99. The van der Waals surface area contributed by atoms with Crippen molar-refractivity contribution in [1.82, 2.24) is 5.01 Å². The highest BCUT2D eigenvalue weighted by Gasteiger charge is 2.43. The van der Waals surface area contributed by atoms with Crippen molar-refractivity contribution in [2.45, 2.75) is 12.1 Å². The molecule has 22 heavy (non-hydrogen) atoms. The van der Waals surface area contributed by atoms with Gasteiger partial charge in [-0.05, 0) is 40.2 Å². The van der Waals surface area contributed by atoms with Crippen LogP contribution >= 0.6 is 27.5 Å². The first-order chi connectivity index (χ1) is 10.5. The molecule has 0 bridgehead atoms. The molecular weight excluding hydrogens is 368 g/mol. The lowest BCUT2D eigenvalue weighted by Crippen LogP contribution is -2.43. The smallest absolute Gasteiger partial charge is 0.278 e. The van der Waals surface area contributed by atoms with Gasteiger partial charge in [0.15, 0.2) is 5.72 Å². The molecule has 0 spiro atoms. The first-order valence-corrected chi connectivity index (χ1v) is 7.79. The first-order valence-electron chi connectivity index (χ1n) is 6.62. The van der Waals surface area contributed by atoms with Crippen LogP contribution in [-0.4, -0.2) is 22.2 Å². The van der Waals surface area contributed by atoms with Gasteiger partial charge in [0.2, 0.25) is 0 Å². The van der Waals surface area contributed by atoms with Gasteiger partial charge in [-0.25, -0.2) is 0 Å². The lowest BCUT2D eigenvalue weighted by atomic mass is 9.99. The molecule has 2 aromatic rings. The molecule has 1 heterocycles. The van der Waals surface area contributed by atoms with Gasteiger partial charge < -0.3 is 5.11 Å². The molecule has 112 valence electrons. The fourth-order valence-corrected chi connectivity index (χ4v) is 2.94. The molecule has 1 N–H and O–H groups in total. The van der Waals surface area contributed by atoms with Gasteiger partial charge >= 0.3 is 0 Å². The molecule has 0 saturated heterocycles. The Hall–Kier alpha value is -1.69. The third-order valence-electron chi connectivity index (χ3n) is 3.53. The van der Waals surface area contributed by atoms with Crippen LogP contribution in [0.2, 0.25) is 5.02 Å². The minimum atomic E-state index is -1.50. The van der Waals surface area contributed by atoms with Gasteiger partial charge in [0.25, 0.3) is 5.91 Å². The Bertz CT molecular complexity index is 748. The lowest BCUT2D eigenvalue weighted by molar-refractivity contribution is -0.0764. The van der Waals surface area contributed by atoms with Gasteiger partial charge in [-0.15, -0.1) is 0 Å². The number of nitrogens with zero attached hydrogens (tertiary/aromatic N) is 2. The van der Waals surface area contributed by atoms with Crippen LogP contribution in [0.25, 0.3) is 0 Å². The quantitative estimate of drug-likeness (QED) is 0.863. The van der Waals surface area contributed by atoms with Crippen LogP contribution in [0.5, 0.6) is 0 Å². The molecule has 1 atom stereocenters. The van der Waals surface area contributed by atoms with Crippen molar-refractivity contribution in [2.24, 2.45) is 5.10 Å². The Morgan fingerprint density at radius 2 is 1.91 bits per heavy atom. The van der Waals surface area contributed by atoms with Crippen molar-refractivity contribution in [3.8, 4) is 0 Å². The second-order valence-electron chi connectivity index (χ2n) is 4.92. The fourth-order valence-electron chi connectivity index (χ4n) is 2.36. The number of hydrogen-bond donors (Lipinski definition) is 1. The number of amides is 1. The molecule has 0 saturated carbocycles. The van der Waals surface area contributed by atoms with E-state index in [0.717, 1.165) is 5.01 Å². The Kier molecular flexibility index (Phi) is 4.04. The topological polar surface area (TPSA) is 52.9 Å². The zero-order chi connectivity index (χ0) is 15.7. The summed E-state index contributed by atoms with van der Waals surface area (Å²) >= 11 is 9.23. The summed E-state index contributed by atoms with van der Waals surface area (Å²) in [5, 5.41) is 16.7. The Morgan fingerprint density at radius 1 is 1.23 bits per heavy atom. The van der Waals surface area contributed by atoms with Gasteiger partial charge in [-0.3, -0.25) is 4.79 Å². The molecule has 0 radical (unpaired) electrons. The van der Waals surface area contributed by atoms with E-state index in [1.54, 1.807) is 42.5 Å². The SMILES string of the molecule is O=C(c1ccccc1Br)N1N=CC[C@@]1(O)c1ccc(Cl)cc1. The molecule has 4 nitrogen and oxygen atoms in total. The summed E-state index contributed by atoms with van der Waals surface area (Å²) in [4.78, 5) is 12.7. The highest BCUT2D eigenvalue weighted by atomic mass is 79.9. The number of aliphatic hydroxyl groups is 1. The van der Waals surface area contributed by atoms with E-state index in [1.807, 2.05) is 6.07 Å². The van der Waals surface area contributed by atoms with Gasteiger partial charge in [-0.2, -0.15) is 10.1 Å². The minimum Gasteiger partial charge on any atom is -0.365 e. The summed E-state index contributed by atoms with van der Waals surface area (Å²) in [6, 6.07) is 13.8. The molecular formula is C16H12BrClN2O2. The van der Waals surface area contributed by atoms with Crippen LogP contribution in [0.3, 0.4) is 0 Å². The number of benzene rings is 2. The van der Waals surface area contributed by atoms with Crippen molar-refractivity contribution < 1.29 is 9.90 Å². The van der Waals surface area contributed by atoms with E-state index in [9.17, 15) is 9.90 Å². The van der Waals surface area contributed by atoms with Gasteiger partial charge in [-0.1, -0.05) is 35.9 Å². The highest BCUT2D eigenvalue weighted by molar-refractivity contribution is 9.10. The molecule has 1 aliphatic rings. The maximum absolute atomic E-state index is 12.7. The molecule has 6 heteroatoms. The van der Waals surface area contributed by atoms with Crippen molar-refractivity contribution in [1.29, 1.82) is 0 Å². The predicted octanol–water partition coefficient (Wildman–Crippen LogP) is 3.78. The van der Waals surface area contributed by atoms with Crippen LogP contribution < -0.4 is 0 Å². The molecule has 0 fully saturated rings. The molecule has 1 aliphatic heterocycles. The van der Waals surface area contributed by atoms with Gasteiger partial charge in [0.05, 0.1) is 5.56 Å². The first kappa shape index (κ1) is 15.2. The maximum Gasteiger partial charge on any atom is 0.278 e. The summed E-state index contributed by atoms with van der Waals surface area (Å²) in [5.74, 6) is -0.376. The third-order valence-corrected chi connectivity index (χ3v) is 4.47. The standard InChI is InChI=1S/C16H12BrClN2O2/c17-14-4-2-1-3-13(14)15(21)20-16(22,9-10-19-20)11-5-7-12(18)8-6-11/h1-8,10,22H,9H2/t16-/m1/s1. The average Bonchev–Trinajstić information content (AvgIpc) is 2.91. The van der Waals surface area contributed by atoms with Crippen molar-refractivity contribution >= 4 is 39.7 Å². The maximum atomic E-state index is 12.7. The van der Waals surface area contributed by atoms with Crippen LogP contribution in [0.1, 0.15) is 22.3 Å². The summed E-state index contributed by atoms with van der Waals surface area (Å²) in [6.45, 7) is 0. The summed E-state index contributed by atoms with van der Waals surface area (Å²) in [5.41, 5.74) is -0.500. The molecule has 0 aromatic heterocycles. The minimum absolute atomic E-state index is 0.227.